The van der Waals surface area contributed by atoms with Crippen molar-refractivity contribution in [3.05, 3.63) is 94.9 Å². The maximum Gasteiger partial charge on any atom is 0.268 e. The Labute approximate surface area is 158 Å². The van der Waals surface area contributed by atoms with Gasteiger partial charge in [0.25, 0.3) is 5.91 Å². The number of amides is 1. The number of nitrogens with zero attached hydrogens (tertiary/aromatic N) is 1. The molecule has 2 aromatic heterocycles. The second kappa shape index (κ2) is 7.16. The molecule has 0 radical (unpaired) electrons. The van der Waals surface area contributed by atoms with Crippen LogP contribution < -0.4 is 5.32 Å². The maximum atomic E-state index is 12.9. The summed E-state index contributed by atoms with van der Waals surface area (Å²) in [6.07, 6.45) is 0. The number of furan rings is 1. The third-order valence-corrected chi connectivity index (χ3v) is 4.70. The van der Waals surface area contributed by atoms with Gasteiger partial charge in [0.2, 0.25) is 0 Å². The van der Waals surface area contributed by atoms with Crippen molar-refractivity contribution < 1.29 is 9.21 Å². The highest BCUT2D eigenvalue weighted by Gasteiger charge is 2.18. The maximum absolute atomic E-state index is 12.9. The van der Waals surface area contributed by atoms with Crippen LogP contribution in [0.15, 0.2) is 71.1 Å². The van der Waals surface area contributed by atoms with Crippen LogP contribution >= 0.6 is 0 Å². The molecule has 0 spiro atoms. The van der Waals surface area contributed by atoms with Gasteiger partial charge in [0.05, 0.1) is 5.52 Å². The highest BCUT2D eigenvalue weighted by molar-refractivity contribution is 5.97. The van der Waals surface area contributed by atoms with Gasteiger partial charge in [-0.1, -0.05) is 60.2 Å². The van der Waals surface area contributed by atoms with Gasteiger partial charge < -0.3 is 14.3 Å². The molecule has 4 heteroatoms. The largest absolute Gasteiger partial charge is 0.460 e. The van der Waals surface area contributed by atoms with E-state index >= 15 is 0 Å². The fourth-order valence-electron chi connectivity index (χ4n) is 3.27. The van der Waals surface area contributed by atoms with E-state index in [1.165, 1.54) is 5.56 Å². The Bertz CT molecular complexity index is 1070. The first kappa shape index (κ1) is 17.2. The number of rotatable bonds is 5. The van der Waals surface area contributed by atoms with Crippen LogP contribution in [0.1, 0.15) is 32.9 Å². The van der Waals surface area contributed by atoms with Crippen LogP contribution in [0.3, 0.4) is 0 Å². The Balaban J connectivity index is 1.64. The monoisotopic (exact) mass is 358 g/mol. The van der Waals surface area contributed by atoms with Crippen LogP contribution in [-0.2, 0) is 13.1 Å². The SMILES string of the molecule is Cc1ccc(Cn2c(C(=O)NCc3ccccc3)cc3oc(C)cc32)cc1. The van der Waals surface area contributed by atoms with Crippen molar-refractivity contribution in [1.29, 1.82) is 0 Å². The summed E-state index contributed by atoms with van der Waals surface area (Å²) in [5, 5.41) is 3.01. The van der Waals surface area contributed by atoms with Crippen molar-refractivity contribution in [3.63, 3.8) is 0 Å². The van der Waals surface area contributed by atoms with E-state index < -0.39 is 0 Å². The van der Waals surface area contributed by atoms with E-state index in [1.807, 2.05) is 54.0 Å². The minimum atomic E-state index is -0.102. The number of fused-ring (bicyclic) bond motifs is 1. The molecule has 0 unspecified atom stereocenters. The Morgan fingerprint density at radius 3 is 2.44 bits per heavy atom. The van der Waals surface area contributed by atoms with Crippen LogP contribution in [0.4, 0.5) is 0 Å². The lowest BCUT2D eigenvalue weighted by atomic mass is 10.1. The molecule has 0 aliphatic rings. The van der Waals surface area contributed by atoms with Crippen molar-refractivity contribution in [1.82, 2.24) is 9.88 Å². The summed E-state index contributed by atoms with van der Waals surface area (Å²) in [4.78, 5) is 12.9. The molecular formula is C23H22N2O2. The minimum Gasteiger partial charge on any atom is -0.460 e. The van der Waals surface area contributed by atoms with E-state index in [4.69, 9.17) is 4.42 Å². The molecule has 136 valence electrons. The Kier molecular flexibility index (Phi) is 4.55. The van der Waals surface area contributed by atoms with E-state index in [9.17, 15) is 4.79 Å². The summed E-state index contributed by atoms with van der Waals surface area (Å²) in [6, 6.07) is 22.1. The van der Waals surface area contributed by atoms with Gasteiger partial charge in [-0.2, -0.15) is 0 Å². The summed E-state index contributed by atoms with van der Waals surface area (Å²) in [7, 11) is 0. The van der Waals surface area contributed by atoms with Crippen molar-refractivity contribution in [2.75, 3.05) is 0 Å². The van der Waals surface area contributed by atoms with Crippen LogP contribution in [0.2, 0.25) is 0 Å². The highest BCUT2D eigenvalue weighted by atomic mass is 16.3. The molecular weight excluding hydrogens is 336 g/mol. The molecule has 0 aliphatic carbocycles. The van der Waals surface area contributed by atoms with E-state index in [0.29, 0.717) is 18.8 Å². The molecule has 4 rings (SSSR count). The normalized spacial score (nSPS) is 11.0. The third kappa shape index (κ3) is 3.65. The van der Waals surface area contributed by atoms with Crippen molar-refractivity contribution in [2.45, 2.75) is 26.9 Å². The van der Waals surface area contributed by atoms with Crippen LogP contribution in [-0.4, -0.2) is 10.5 Å². The van der Waals surface area contributed by atoms with E-state index in [0.717, 1.165) is 28.0 Å². The van der Waals surface area contributed by atoms with Crippen LogP contribution in [0.25, 0.3) is 11.1 Å². The van der Waals surface area contributed by atoms with Gasteiger partial charge in [0.15, 0.2) is 5.58 Å². The number of hydrogen-bond donors (Lipinski definition) is 1. The van der Waals surface area contributed by atoms with Crippen LogP contribution in [0, 0.1) is 13.8 Å². The molecule has 4 nitrogen and oxygen atoms in total. The van der Waals surface area contributed by atoms with Crippen LogP contribution in [0.5, 0.6) is 0 Å². The van der Waals surface area contributed by atoms with Gasteiger partial charge in [-0.15, -0.1) is 0 Å². The lowest BCUT2D eigenvalue weighted by Crippen LogP contribution is -2.25. The zero-order valence-corrected chi connectivity index (χ0v) is 15.5. The molecule has 0 atom stereocenters. The van der Waals surface area contributed by atoms with Gasteiger partial charge in [0.1, 0.15) is 11.5 Å². The molecule has 0 saturated carbocycles. The third-order valence-electron chi connectivity index (χ3n) is 4.70. The second-order valence-corrected chi connectivity index (χ2v) is 6.88. The standard InChI is InChI=1S/C23H22N2O2/c1-16-8-10-19(11-9-16)15-25-20-12-17(2)27-22(20)13-21(25)23(26)24-14-18-6-4-3-5-7-18/h3-13H,14-15H2,1-2H3,(H,24,26). The van der Waals surface area contributed by atoms with Crippen molar-refractivity contribution >= 4 is 17.0 Å². The first-order valence-electron chi connectivity index (χ1n) is 9.07. The predicted molar refractivity (Wildman–Crippen MR) is 107 cm³/mol. The number of benzene rings is 2. The molecule has 2 aromatic carbocycles. The molecule has 0 saturated heterocycles. The predicted octanol–water partition coefficient (Wildman–Crippen LogP) is 4.83. The lowest BCUT2D eigenvalue weighted by Gasteiger charge is -2.11. The van der Waals surface area contributed by atoms with Gasteiger partial charge >= 0.3 is 0 Å². The first-order valence-corrected chi connectivity index (χ1v) is 9.07. The summed E-state index contributed by atoms with van der Waals surface area (Å²) in [6.45, 7) is 5.11. The zero-order valence-electron chi connectivity index (χ0n) is 15.5. The van der Waals surface area contributed by atoms with Crippen molar-refractivity contribution in [2.24, 2.45) is 0 Å². The number of nitrogens with one attached hydrogen (secondary N) is 1. The average Bonchev–Trinajstić information content (AvgIpc) is 3.19. The average molecular weight is 358 g/mol. The molecule has 0 aliphatic heterocycles. The highest BCUT2D eigenvalue weighted by Crippen LogP contribution is 2.25. The molecule has 27 heavy (non-hydrogen) atoms. The first-order chi connectivity index (χ1) is 13.1. The zero-order chi connectivity index (χ0) is 18.8. The van der Waals surface area contributed by atoms with Crippen molar-refractivity contribution in [3.8, 4) is 0 Å². The number of aromatic nitrogens is 1. The number of hydrogen-bond acceptors (Lipinski definition) is 2. The molecule has 0 fully saturated rings. The summed E-state index contributed by atoms with van der Waals surface area (Å²) in [5.41, 5.74) is 5.73. The number of carbonyl (C=O) groups is 1. The van der Waals surface area contributed by atoms with Gasteiger partial charge in [-0.3, -0.25) is 4.79 Å². The lowest BCUT2D eigenvalue weighted by molar-refractivity contribution is 0.0942. The molecule has 1 N–H and O–H groups in total. The van der Waals surface area contributed by atoms with E-state index in [2.05, 4.69) is 36.5 Å². The second-order valence-electron chi connectivity index (χ2n) is 6.88. The van der Waals surface area contributed by atoms with E-state index in [1.54, 1.807) is 0 Å². The Morgan fingerprint density at radius 2 is 1.70 bits per heavy atom. The molecule has 1 amide bonds. The van der Waals surface area contributed by atoms with Gasteiger partial charge in [-0.25, -0.2) is 0 Å². The number of aryl methyl sites for hydroxylation is 2. The fraction of sp³-hybridized carbons (Fsp3) is 0.174. The van der Waals surface area contributed by atoms with Gasteiger partial charge in [-0.05, 0) is 25.0 Å². The fourth-order valence-corrected chi connectivity index (χ4v) is 3.27. The number of carbonyl (C=O) groups excluding carboxylic acids is 1. The summed E-state index contributed by atoms with van der Waals surface area (Å²) in [5.74, 6) is 0.740. The molecule has 4 aromatic rings. The molecule has 0 bridgehead atoms. The quantitative estimate of drug-likeness (QED) is 0.555. The topological polar surface area (TPSA) is 47.2 Å². The summed E-state index contributed by atoms with van der Waals surface area (Å²) < 4.78 is 7.78. The van der Waals surface area contributed by atoms with E-state index in [-0.39, 0.29) is 5.91 Å². The smallest absolute Gasteiger partial charge is 0.268 e. The Morgan fingerprint density at radius 1 is 0.963 bits per heavy atom. The molecule has 2 heterocycles. The Hall–Kier alpha value is -3.27. The minimum absolute atomic E-state index is 0.102. The van der Waals surface area contributed by atoms with Gasteiger partial charge in [0, 0.05) is 25.2 Å². The summed E-state index contributed by atoms with van der Waals surface area (Å²) >= 11 is 0.